The second-order valence-electron chi connectivity index (χ2n) is 12.0. The van der Waals surface area contributed by atoms with Crippen molar-refractivity contribution < 1.29 is 4.42 Å². The molecule has 0 aliphatic heterocycles. The van der Waals surface area contributed by atoms with E-state index in [4.69, 9.17) is 4.42 Å². The van der Waals surface area contributed by atoms with E-state index < -0.39 is 0 Å². The van der Waals surface area contributed by atoms with Crippen molar-refractivity contribution in [1.29, 1.82) is 0 Å². The summed E-state index contributed by atoms with van der Waals surface area (Å²) in [7, 11) is 0. The van der Waals surface area contributed by atoms with Crippen molar-refractivity contribution in [3.63, 3.8) is 0 Å². The minimum Gasteiger partial charge on any atom is -0.454 e. The first-order valence-electron chi connectivity index (χ1n) is 15.8. The second kappa shape index (κ2) is 9.69. The molecule has 10 rings (SSSR count). The molecular weight excluding hydrogens is 558 g/mol. The summed E-state index contributed by atoms with van der Waals surface area (Å²) in [5.41, 5.74) is 10.1. The summed E-state index contributed by atoms with van der Waals surface area (Å²) >= 11 is 0. The predicted molar refractivity (Wildman–Crippen MR) is 194 cm³/mol. The van der Waals surface area contributed by atoms with Crippen LogP contribution in [0.25, 0.3) is 93.2 Å². The summed E-state index contributed by atoms with van der Waals surface area (Å²) < 4.78 is 8.98. The highest BCUT2D eigenvalue weighted by molar-refractivity contribution is 6.24. The van der Waals surface area contributed by atoms with Gasteiger partial charge in [-0.3, -0.25) is 0 Å². The average molecular weight is 586 g/mol. The molecule has 10 aromatic rings. The molecule has 0 saturated carbocycles. The van der Waals surface area contributed by atoms with Gasteiger partial charge < -0.3 is 8.98 Å². The maximum absolute atomic E-state index is 6.63. The van der Waals surface area contributed by atoms with Crippen LogP contribution >= 0.6 is 0 Å². The molecule has 2 nitrogen and oxygen atoms in total. The lowest BCUT2D eigenvalue weighted by Gasteiger charge is -2.19. The largest absolute Gasteiger partial charge is 0.454 e. The number of fused-ring (bicyclic) bond motifs is 8. The minimum atomic E-state index is 0.894. The van der Waals surface area contributed by atoms with E-state index in [9.17, 15) is 0 Å². The third kappa shape index (κ3) is 3.53. The highest BCUT2D eigenvalue weighted by Crippen LogP contribution is 2.47. The van der Waals surface area contributed by atoms with Crippen LogP contribution in [0.4, 0.5) is 0 Å². The number of furan rings is 1. The number of para-hydroxylation sites is 2. The van der Waals surface area contributed by atoms with Crippen LogP contribution < -0.4 is 0 Å². The van der Waals surface area contributed by atoms with Crippen molar-refractivity contribution in [1.82, 2.24) is 4.57 Å². The number of benzene rings is 8. The van der Waals surface area contributed by atoms with Crippen molar-refractivity contribution in [2.45, 2.75) is 0 Å². The zero-order valence-corrected chi connectivity index (χ0v) is 24.9. The number of nitrogens with zero attached hydrogens (tertiary/aromatic N) is 1. The van der Waals surface area contributed by atoms with Crippen molar-refractivity contribution in [3.05, 3.63) is 164 Å². The Labute approximate surface area is 265 Å². The number of hydrogen-bond donors (Lipinski definition) is 0. The molecule has 214 valence electrons. The Morgan fingerprint density at radius 3 is 1.74 bits per heavy atom. The highest BCUT2D eigenvalue weighted by Gasteiger charge is 2.22. The van der Waals surface area contributed by atoms with Crippen LogP contribution in [0.15, 0.2) is 168 Å². The van der Waals surface area contributed by atoms with E-state index in [0.29, 0.717) is 0 Å². The molecule has 0 saturated heterocycles. The van der Waals surface area contributed by atoms with Gasteiger partial charge in [-0.05, 0) is 91.0 Å². The first kappa shape index (κ1) is 25.2. The van der Waals surface area contributed by atoms with E-state index in [-0.39, 0.29) is 0 Å². The summed E-state index contributed by atoms with van der Waals surface area (Å²) in [6, 6.07) is 59.0. The van der Waals surface area contributed by atoms with Crippen LogP contribution in [-0.4, -0.2) is 4.57 Å². The fourth-order valence-electron chi connectivity index (χ4n) is 7.64. The quantitative estimate of drug-likeness (QED) is 0.189. The second-order valence-corrected chi connectivity index (χ2v) is 12.0. The lowest BCUT2D eigenvalue weighted by atomic mass is 9.84. The van der Waals surface area contributed by atoms with Gasteiger partial charge in [0.05, 0.1) is 5.52 Å². The Kier molecular flexibility index (Phi) is 5.31. The zero-order chi connectivity index (χ0) is 30.2. The monoisotopic (exact) mass is 585 g/mol. The molecule has 0 radical (unpaired) electrons. The van der Waals surface area contributed by atoms with Gasteiger partial charge in [0.15, 0.2) is 5.58 Å². The van der Waals surface area contributed by atoms with E-state index in [1.54, 1.807) is 0 Å². The van der Waals surface area contributed by atoms with Gasteiger partial charge in [0, 0.05) is 16.5 Å². The molecule has 0 aliphatic rings. The Morgan fingerprint density at radius 2 is 1.00 bits per heavy atom. The molecule has 0 spiro atoms. The molecule has 46 heavy (non-hydrogen) atoms. The molecule has 0 bridgehead atoms. The lowest BCUT2D eigenvalue weighted by Crippen LogP contribution is -1.93. The molecular formula is C44H27NO. The van der Waals surface area contributed by atoms with Gasteiger partial charge >= 0.3 is 0 Å². The Hall–Kier alpha value is -6.12. The SMILES string of the molecule is c1ccc(-n2c3ccccc3c3oc4ccc(-c5c6ccccc6c(-c6cccc7ccccc67)c6ccccc56)cc4c32)cc1. The first-order valence-corrected chi connectivity index (χ1v) is 15.8. The lowest BCUT2D eigenvalue weighted by molar-refractivity contribution is 0.673. The van der Waals surface area contributed by atoms with Gasteiger partial charge in [-0.15, -0.1) is 0 Å². The molecule has 0 unspecified atom stereocenters. The molecule has 2 heteroatoms. The van der Waals surface area contributed by atoms with Crippen LogP contribution in [0.3, 0.4) is 0 Å². The normalized spacial score (nSPS) is 11.9. The zero-order valence-electron chi connectivity index (χ0n) is 24.9. The summed E-state index contributed by atoms with van der Waals surface area (Å²) in [6.07, 6.45) is 0. The maximum atomic E-state index is 6.63. The van der Waals surface area contributed by atoms with Crippen LogP contribution in [0.5, 0.6) is 0 Å². The Morgan fingerprint density at radius 1 is 0.413 bits per heavy atom. The minimum absolute atomic E-state index is 0.894. The van der Waals surface area contributed by atoms with E-state index in [1.165, 1.54) is 54.6 Å². The first-order chi connectivity index (χ1) is 22.8. The third-order valence-corrected chi connectivity index (χ3v) is 9.57. The summed E-state index contributed by atoms with van der Waals surface area (Å²) in [5.74, 6) is 0. The van der Waals surface area contributed by atoms with Crippen LogP contribution in [-0.2, 0) is 0 Å². The molecule has 0 aliphatic carbocycles. The fraction of sp³-hybridized carbons (Fsp3) is 0. The van der Waals surface area contributed by atoms with E-state index in [2.05, 4.69) is 168 Å². The topological polar surface area (TPSA) is 18.1 Å². The van der Waals surface area contributed by atoms with E-state index in [0.717, 1.165) is 38.7 Å². The predicted octanol–water partition coefficient (Wildman–Crippen LogP) is 12.3. The van der Waals surface area contributed by atoms with Gasteiger partial charge in [-0.2, -0.15) is 0 Å². The third-order valence-electron chi connectivity index (χ3n) is 9.57. The van der Waals surface area contributed by atoms with Gasteiger partial charge in [0.25, 0.3) is 0 Å². The van der Waals surface area contributed by atoms with Crippen molar-refractivity contribution >= 4 is 65.3 Å². The standard InChI is InChI=1S/C44H27NO/c1-2-15-30(16-3-1)45-39-24-11-10-22-37(39)44-43(45)38-27-29(25-26-40(38)46-44)41-33-18-6-8-20-35(33)42(36-21-9-7-19-34(36)41)32-23-12-14-28-13-4-5-17-31(28)32/h1-27H. The Bertz CT molecular complexity index is 2740. The molecule has 0 N–H and O–H groups in total. The molecule has 0 amide bonds. The van der Waals surface area contributed by atoms with Crippen LogP contribution in [0, 0.1) is 0 Å². The van der Waals surface area contributed by atoms with Gasteiger partial charge in [-0.1, -0.05) is 127 Å². The van der Waals surface area contributed by atoms with Crippen LogP contribution in [0.2, 0.25) is 0 Å². The van der Waals surface area contributed by atoms with Crippen molar-refractivity contribution in [3.8, 4) is 27.9 Å². The number of hydrogen-bond acceptors (Lipinski definition) is 1. The van der Waals surface area contributed by atoms with Gasteiger partial charge in [0.1, 0.15) is 11.1 Å². The molecule has 8 aromatic carbocycles. The summed E-state index contributed by atoms with van der Waals surface area (Å²) in [6.45, 7) is 0. The molecule has 2 aromatic heterocycles. The highest BCUT2D eigenvalue weighted by atomic mass is 16.3. The maximum Gasteiger partial charge on any atom is 0.161 e. The number of rotatable bonds is 3. The smallest absolute Gasteiger partial charge is 0.161 e. The number of aromatic nitrogens is 1. The molecule has 0 fully saturated rings. The summed E-state index contributed by atoms with van der Waals surface area (Å²) in [4.78, 5) is 0. The van der Waals surface area contributed by atoms with Crippen molar-refractivity contribution in [2.24, 2.45) is 0 Å². The van der Waals surface area contributed by atoms with E-state index in [1.807, 2.05) is 0 Å². The summed E-state index contributed by atoms with van der Waals surface area (Å²) in [5, 5.41) is 9.74. The molecule has 2 heterocycles. The van der Waals surface area contributed by atoms with Crippen LogP contribution in [0.1, 0.15) is 0 Å². The van der Waals surface area contributed by atoms with E-state index >= 15 is 0 Å². The Balaban J connectivity index is 1.32. The average Bonchev–Trinajstić information content (AvgIpc) is 3.65. The van der Waals surface area contributed by atoms with Gasteiger partial charge in [0.2, 0.25) is 0 Å². The van der Waals surface area contributed by atoms with Crippen molar-refractivity contribution in [2.75, 3.05) is 0 Å². The molecule has 0 atom stereocenters. The fourth-order valence-corrected chi connectivity index (χ4v) is 7.64. The van der Waals surface area contributed by atoms with Gasteiger partial charge in [-0.25, -0.2) is 0 Å².